The number of hydrogen-bond donors (Lipinski definition) is 5. The molecule has 1 amide bonds. The molecule has 0 saturated carbocycles. The van der Waals surface area contributed by atoms with Gasteiger partial charge in [-0.25, -0.2) is 0 Å². The molecular formula is C17H36N4O3. The van der Waals surface area contributed by atoms with Crippen molar-refractivity contribution in [1.82, 2.24) is 16.0 Å². The smallest absolute Gasteiger partial charge is 0.237 e. The molecule has 24 heavy (non-hydrogen) atoms. The van der Waals surface area contributed by atoms with Gasteiger partial charge in [-0.15, -0.1) is 0 Å². The molecule has 1 unspecified atom stereocenters. The maximum Gasteiger partial charge on any atom is 0.237 e. The fraction of sp³-hybridized carbons (Fsp3) is 0.882. The minimum absolute atomic E-state index is 0.0394. The van der Waals surface area contributed by atoms with Crippen LogP contribution in [0.2, 0.25) is 0 Å². The molecule has 3 atom stereocenters. The number of nitrogens with two attached hydrogens (primary N) is 1. The van der Waals surface area contributed by atoms with Crippen LogP contribution in [-0.4, -0.2) is 47.8 Å². The zero-order chi connectivity index (χ0) is 18.9. The molecule has 0 aliphatic carbocycles. The van der Waals surface area contributed by atoms with Crippen molar-refractivity contribution in [3.63, 3.8) is 0 Å². The third kappa shape index (κ3) is 9.32. The average molecular weight is 345 g/mol. The first-order chi connectivity index (χ1) is 11.1. The quantitative estimate of drug-likeness (QED) is 0.257. The van der Waals surface area contributed by atoms with Crippen molar-refractivity contribution in [2.75, 3.05) is 6.54 Å². The van der Waals surface area contributed by atoms with Gasteiger partial charge >= 0.3 is 0 Å². The SMILES string of the molecule is CC(C)N[C@@H](CCCNC(N)O)C(=O)N[C@H](C(=O)C(C)C)C(C)C. The van der Waals surface area contributed by atoms with Crippen molar-refractivity contribution in [2.24, 2.45) is 17.6 Å². The maximum atomic E-state index is 12.6. The highest BCUT2D eigenvalue weighted by Gasteiger charge is 2.29. The van der Waals surface area contributed by atoms with Gasteiger partial charge in [0.05, 0.1) is 12.1 Å². The highest BCUT2D eigenvalue weighted by molar-refractivity contribution is 5.92. The van der Waals surface area contributed by atoms with Crippen LogP contribution in [0, 0.1) is 11.8 Å². The van der Waals surface area contributed by atoms with Crippen LogP contribution < -0.4 is 21.7 Å². The molecule has 7 nitrogen and oxygen atoms in total. The summed E-state index contributed by atoms with van der Waals surface area (Å²) in [6.07, 6.45) is 0.213. The number of ketones is 1. The summed E-state index contributed by atoms with van der Waals surface area (Å²) in [6, 6.07) is -0.715. The number of carbonyl (C=O) groups is 2. The molecule has 6 N–H and O–H groups in total. The first-order valence-electron chi connectivity index (χ1n) is 8.83. The van der Waals surface area contributed by atoms with Gasteiger partial charge in [-0.05, 0) is 25.3 Å². The second-order valence-electron chi connectivity index (χ2n) is 7.20. The Morgan fingerprint density at radius 1 is 1.08 bits per heavy atom. The van der Waals surface area contributed by atoms with E-state index in [0.29, 0.717) is 19.4 Å². The number of nitrogens with one attached hydrogen (secondary N) is 3. The second kappa shape index (κ2) is 11.5. The van der Waals surface area contributed by atoms with Gasteiger partial charge in [-0.3, -0.25) is 20.6 Å². The van der Waals surface area contributed by atoms with Crippen LogP contribution in [0.1, 0.15) is 54.4 Å². The molecule has 0 saturated heterocycles. The summed E-state index contributed by atoms with van der Waals surface area (Å²) in [7, 11) is 0. The monoisotopic (exact) mass is 344 g/mol. The number of carbonyl (C=O) groups excluding carboxylic acids is 2. The van der Waals surface area contributed by atoms with Crippen molar-refractivity contribution in [1.29, 1.82) is 0 Å². The molecule has 0 heterocycles. The van der Waals surface area contributed by atoms with Crippen molar-refractivity contribution >= 4 is 11.7 Å². The predicted molar refractivity (Wildman–Crippen MR) is 96.1 cm³/mol. The van der Waals surface area contributed by atoms with Crippen molar-refractivity contribution < 1.29 is 14.7 Å². The lowest BCUT2D eigenvalue weighted by Gasteiger charge is -2.27. The molecule has 142 valence electrons. The van der Waals surface area contributed by atoms with Gasteiger partial charge in [0.2, 0.25) is 5.91 Å². The minimum atomic E-state index is -1.05. The van der Waals surface area contributed by atoms with E-state index in [0.717, 1.165) is 0 Å². The van der Waals surface area contributed by atoms with E-state index in [1.165, 1.54) is 0 Å². The van der Waals surface area contributed by atoms with Crippen LogP contribution in [0.4, 0.5) is 0 Å². The maximum absolute atomic E-state index is 12.6. The molecule has 0 aliphatic rings. The molecule has 0 aromatic carbocycles. The van der Waals surface area contributed by atoms with E-state index in [-0.39, 0.29) is 35.6 Å². The van der Waals surface area contributed by atoms with E-state index in [1.54, 1.807) is 0 Å². The van der Waals surface area contributed by atoms with Gasteiger partial charge in [-0.2, -0.15) is 0 Å². The summed E-state index contributed by atoms with van der Waals surface area (Å²) in [5.74, 6) is -0.193. The fourth-order valence-corrected chi connectivity index (χ4v) is 2.43. The Labute approximate surface area is 146 Å². The molecule has 0 spiro atoms. The van der Waals surface area contributed by atoms with E-state index in [2.05, 4.69) is 16.0 Å². The number of Topliss-reactive ketones (excluding diaryl/α,β-unsaturated/α-hetero) is 1. The summed E-state index contributed by atoms with van der Waals surface area (Å²) in [5, 5.41) is 17.8. The van der Waals surface area contributed by atoms with Crippen LogP contribution in [0.3, 0.4) is 0 Å². The minimum Gasteiger partial charge on any atom is -0.366 e. The van der Waals surface area contributed by atoms with Gasteiger partial charge in [0.25, 0.3) is 0 Å². The summed E-state index contributed by atoms with van der Waals surface area (Å²) >= 11 is 0. The summed E-state index contributed by atoms with van der Waals surface area (Å²) in [5.41, 5.74) is 5.22. The molecule has 0 radical (unpaired) electrons. The molecule has 0 aliphatic heterocycles. The molecule has 0 aromatic heterocycles. The Morgan fingerprint density at radius 3 is 2.08 bits per heavy atom. The van der Waals surface area contributed by atoms with E-state index in [1.807, 2.05) is 41.5 Å². The lowest BCUT2D eigenvalue weighted by molar-refractivity contribution is -0.131. The zero-order valence-corrected chi connectivity index (χ0v) is 15.9. The number of aliphatic hydroxyl groups excluding tert-OH is 1. The highest BCUT2D eigenvalue weighted by atomic mass is 16.3. The largest absolute Gasteiger partial charge is 0.366 e. The van der Waals surface area contributed by atoms with Crippen molar-refractivity contribution in [3.05, 3.63) is 0 Å². The Hall–Kier alpha value is -1.02. The van der Waals surface area contributed by atoms with Gasteiger partial charge in [0.1, 0.15) is 0 Å². The average Bonchev–Trinajstić information content (AvgIpc) is 2.45. The first kappa shape index (κ1) is 23.0. The van der Waals surface area contributed by atoms with Gasteiger partial charge in [0, 0.05) is 12.0 Å². The second-order valence-corrected chi connectivity index (χ2v) is 7.20. The van der Waals surface area contributed by atoms with E-state index in [9.17, 15) is 9.59 Å². The lowest BCUT2D eigenvalue weighted by atomic mass is 9.92. The Kier molecular flexibility index (Phi) is 11.0. The van der Waals surface area contributed by atoms with E-state index >= 15 is 0 Å². The van der Waals surface area contributed by atoms with Gasteiger partial charge < -0.3 is 15.7 Å². The molecule has 0 bridgehead atoms. The highest BCUT2D eigenvalue weighted by Crippen LogP contribution is 2.10. The zero-order valence-electron chi connectivity index (χ0n) is 15.9. The standard InChI is InChI=1S/C17H36N4O3/c1-10(2)14(15(22)11(3)4)21-16(23)13(20-12(5)6)8-7-9-19-17(18)24/h10-14,17,19-20,24H,7-9,18H2,1-6H3,(H,21,23)/t13-,14-,17?/m0/s1. The van der Waals surface area contributed by atoms with Crippen LogP contribution >= 0.6 is 0 Å². The number of rotatable bonds is 12. The summed E-state index contributed by atoms with van der Waals surface area (Å²) in [4.78, 5) is 24.9. The van der Waals surface area contributed by atoms with Crippen LogP contribution in [0.5, 0.6) is 0 Å². The molecule has 0 aromatic rings. The van der Waals surface area contributed by atoms with Crippen LogP contribution in [0.15, 0.2) is 0 Å². The first-order valence-corrected chi connectivity index (χ1v) is 8.83. The van der Waals surface area contributed by atoms with E-state index in [4.69, 9.17) is 10.8 Å². The Morgan fingerprint density at radius 2 is 1.67 bits per heavy atom. The fourth-order valence-electron chi connectivity index (χ4n) is 2.43. The van der Waals surface area contributed by atoms with E-state index < -0.39 is 12.4 Å². The molecule has 0 rings (SSSR count). The van der Waals surface area contributed by atoms with Crippen molar-refractivity contribution in [2.45, 2.75) is 78.9 Å². The third-order valence-corrected chi connectivity index (χ3v) is 3.71. The van der Waals surface area contributed by atoms with Crippen LogP contribution in [0.25, 0.3) is 0 Å². The lowest BCUT2D eigenvalue weighted by Crippen LogP contribution is -2.54. The molecular weight excluding hydrogens is 308 g/mol. The normalized spacial score (nSPS) is 15.6. The molecule has 7 heteroatoms. The number of hydrogen-bond acceptors (Lipinski definition) is 6. The number of amides is 1. The third-order valence-electron chi connectivity index (χ3n) is 3.71. The number of aliphatic hydroxyl groups is 1. The summed E-state index contributed by atoms with van der Waals surface area (Å²) in [6.45, 7) is 12.0. The summed E-state index contributed by atoms with van der Waals surface area (Å²) < 4.78 is 0. The molecule has 0 fully saturated rings. The van der Waals surface area contributed by atoms with Gasteiger partial charge in [-0.1, -0.05) is 41.5 Å². The van der Waals surface area contributed by atoms with Crippen molar-refractivity contribution in [3.8, 4) is 0 Å². The Balaban J connectivity index is 4.79. The topological polar surface area (TPSA) is 116 Å². The Bertz CT molecular complexity index is 384. The van der Waals surface area contributed by atoms with Gasteiger partial charge in [0.15, 0.2) is 12.1 Å². The predicted octanol–water partition coefficient (Wildman–Crippen LogP) is 0.323. The van der Waals surface area contributed by atoms with Crippen LogP contribution in [-0.2, 0) is 9.59 Å².